The van der Waals surface area contributed by atoms with Gasteiger partial charge in [0.1, 0.15) is 6.04 Å². The molecule has 0 heterocycles. The fourth-order valence-electron chi connectivity index (χ4n) is 1.62. The lowest BCUT2D eigenvalue weighted by Gasteiger charge is -2.15. The number of carbonyl (C=O) groups is 2. The first-order chi connectivity index (χ1) is 9.36. The van der Waals surface area contributed by atoms with E-state index in [0.29, 0.717) is 23.8 Å². The molecule has 0 aromatic heterocycles. The van der Waals surface area contributed by atoms with E-state index in [1.807, 2.05) is 6.92 Å². The van der Waals surface area contributed by atoms with Gasteiger partial charge < -0.3 is 15.8 Å². The fraction of sp³-hybridized carbons (Fsp3) is 0.857. The molecule has 0 aromatic carbocycles. The average molecular weight is 304 g/mol. The van der Waals surface area contributed by atoms with Gasteiger partial charge in [-0.25, -0.2) is 0 Å². The molecule has 0 bridgehead atoms. The van der Waals surface area contributed by atoms with E-state index in [0.717, 1.165) is 12.8 Å². The number of methoxy groups -OCH3 is 1. The van der Waals surface area contributed by atoms with Crippen LogP contribution in [0.2, 0.25) is 0 Å². The molecule has 3 N–H and O–H groups in total. The van der Waals surface area contributed by atoms with Crippen molar-refractivity contribution >= 4 is 23.6 Å². The van der Waals surface area contributed by atoms with Crippen LogP contribution in [-0.2, 0) is 14.3 Å². The van der Waals surface area contributed by atoms with Crippen LogP contribution in [0.4, 0.5) is 0 Å². The van der Waals surface area contributed by atoms with Crippen molar-refractivity contribution in [2.24, 2.45) is 11.7 Å². The van der Waals surface area contributed by atoms with Crippen LogP contribution in [-0.4, -0.2) is 42.6 Å². The van der Waals surface area contributed by atoms with E-state index >= 15 is 0 Å². The summed E-state index contributed by atoms with van der Waals surface area (Å²) in [5.41, 5.74) is 5.60. The number of amides is 1. The molecule has 0 saturated carbocycles. The lowest BCUT2D eigenvalue weighted by atomic mass is 10.0. The number of nitrogens with one attached hydrogen (secondary N) is 1. The second-order valence-corrected chi connectivity index (χ2v) is 6.52. The number of ether oxygens (including phenoxy) is 1. The van der Waals surface area contributed by atoms with E-state index in [9.17, 15) is 9.59 Å². The lowest BCUT2D eigenvalue weighted by Crippen LogP contribution is -2.34. The molecule has 20 heavy (non-hydrogen) atoms. The maximum Gasteiger partial charge on any atom is 0.322 e. The zero-order chi connectivity index (χ0) is 15.5. The van der Waals surface area contributed by atoms with Crippen LogP contribution in [0.5, 0.6) is 0 Å². The Morgan fingerprint density at radius 2 is 1.85 bits per heavy atom. The zero-order valence-corrected chi connectivity index (χ0v) is 13.8. The molecular formula is C14H28N2O3S. The van der Waals surface area contributed by atoms with Gasteiger partial charge in [-0.3, -0.25) is 9.59 Å². The van der Waals surface area contributed by atoms with Crippen molar-refractivity contribution in [2.45, 2.75) is 52.1 Å². The predicted octanol–water partition coefficient (Wildman–Crippen LogP) is 1.55. The second-order valence-electron chi connectivity index (χ2n) is 5.41. The molecule has 0 rings (SSSR count). The molecule has 2 atom stereocenters. The SMILES string of the molecule is COC(=O)C(N)CCSCC(=O)NC(C)CCC(C)C. The molecule has 118 valence electrons. The van der Waals surface area contributed by atoms with Gasteiger partial charge in [0, 0.05) is 6.04 Å². The first kappa shape index (κ1) is 19.2. The molecule has 5 nitrogen and oxygen atoms in total. The van der Waals surface area contributed by atoms with Crippen LogP contribution < -0.4 is 11.1 Å². The Hall–Kier alpha value is -0.750. The minimum atomic E-state index is -0.597. The summed E-state index contributed by atoms with van der Waals surface area (Å²) in [6.45, 7) is 6.38. The Balaban J connectivity index is 3.65. The summed E-state index contributed by atoms with van der Waals surface area (Å²) in [5, 5.41) is 2.97. The third-order valence-corrected chi connectivity index (χ3v) is 3.89. The maximum absolute atomic E-state index is 11.7. The van der Waals surface area contributed by atoms with Crippen molar-refractivity contribution in [2.75, 3.05) is 18.6 Å². The maximum atomic E-state index is 11.7. The highest BCUT2D eigenvalue weighted by Gasteiger charge is 2.13. The summed E-state index contributed by atoms with van der Waals surface area (Å²) in [6.07, 6.45) is 2.64. The summed E-state index contributed by atoms with van der Waals surface area (Å²) in [6, 6.07) is -0.386. The number of hydrogen-bond acceptors (Lipinski definition) is 5. The van der Waals surface area contributed by atoms with Crippen LogP contribution in [0.1, 0.15) is 40.0 Å². The van der Waals surface area contributed by atoms with Crippen LogP contribution in [0.25, 0.3) is 0 Å². The molecule has 2 unspecified atom stereocenters. The second kappa shape index (κ2) is 11.0. The van der Waals surface area contributed by atoms with Gasteiger partial charge >= 0.3 is 5.97 Å². The van der Waals surface area contributed by atoms with Gasteiger partial charge in [0.05, 0.1) is 12.9 Å². The summed E-state index contributed by atoms with van der Waals surface area (Å²) in [5.74, 6) is 1.36. The van der Waals surface area contributed by atoms with Crippen molar-refractivity contribution in [3.8, 4) is 0 Å². The smallest absolute Gasteiger partial charge is 0.322 e. The van der Waals surface area contributed by atoms with Gasteiger partial charge in [0.25, 0.3) is 0 Å². The zero-order valence-electron chi connectivity index (χ0n) is 13.0. The van der Waals surface area contributed by atoms with Gasteiger partial charge in [-0.05, 0) is 37.9 Å². The van der Waals surface area contributed by atoms with E-state index in [1.165, 1.54) is 18.9 Å². The lowest BCUT2D eigenvalue weighted by molar-refractivity contribution is -0.142. The summed E-state index contributed by atoms with van der Waals surface area (Å²) in [7, 11) is 1.32. The van der Waals surface area contributed by atoms with Crippen LogP contribution in [0.3, 0.4) is 0 Å². The summed E-state index contributed by atoms with van der Waals surface area (Å²) >= 11 is 1.48. The molecule has 0 fully saturated rings. The van der Waals surface area contributed by atoms with Gasteiger partial charge in [0.2, 0.25) is 5.91 Å². The number of carbonyl (C=O) groups excluding carboxylic acids is 2. The number of thioether (sulfide) groups is 1. The van der Waals surface area contributed by atoms with Gasteiger partial charge in [-0.2, -0.15) is 11.8 Å². The average Bonchev–Trinajstić information content (AvgIpc) is 2.40. The van der Waals surface area contributed by atoms with E-state index in [-0.39, 0.29) is 11.9 Å². The number of rotatable bonds is 10. The summed E-state index contributed by atoms with van der Waals surface area (Å²) < 4.78 is 4.54. The van der Waals surface area contributed by atoms with Crippen LogP contribution in [0.15, 0.2) is 0 Å². The third-order valence-electron chi connectivity index (χ3n) is 2.89. The van der Waals surface area contributed by atoms with Crippen LogP contribution in [0, 0.1) is 5.92 Å². The molecule has 6 heteroatoms. The molecule has 0 aromatic rings. The van der Waals surface area contributed by atoms with Crippen LogP contribution >= 0.6 is 11.8 Å². The Labute approximate surface area is 126 Å². The highest BCUT2D eigenvalue weighted by atomic mass is 32.2. The van der Waals surface area contributed by atoms with Crippen molar-refractivity contribution in [3.05, 3.63) is 0 Å². The molecule has 0 aliphatic rings. The highest BCUT2D eigenvalue weighted by molar-refractivity contribution is 7.99. The van der Waals surface area contributed by atoms with E-state index < -0.39 is 12.0 Å². The number of nitrogens with two attached hydrogens (primary N) is 1. The van der Waals surface area contributed by atoms with Gasteiger partial charge in [-0.15, -0.1) is 0 Å². The monoisotopic (exact) mass is 304 g/mol. The molecule has 0 aliphatic heterocycles. The molecule has 0 aliphatic carbocycles. The third kappa shape index (κ3) is 10.1. The minimum absolute atomic E-state index is 0.0397. The van der Waals surface area contributed by atoms with Crippen molar-refractivity contribution in [1.82, 2.24) is 5.32 Å². The Morgan fingerprint density at radius 3 is 2.40 bits per heavy atom. The Morgan fingerprint density at radius 1 is 1.20 bits per heavy atom. The van der Waals surface area contributed by atoms with Crippen molar-refractivity contribution < 1.29 is 14.3 Å². The molecular weight excluding hydrogens is 276 g/mol. The molecule has 0 radical (unpaired) electrons. The molecule has 0 spiro atoms. The topological polar surface area (TPSA) is 81.4 Å². The van der Waals surface area contributed by atoms with Gasteiger partial charge in [0.15, 0.2) is 0 Å². The van der Waals surface area contributed by atoms with E-state index in [1.54, 1.807) is 0 Å². The molecule has 1 amide bonds. The van der Waals surface area contributed by atoms with E-state index in [2.05, 4.69) is 23.9 Å². The van der Waals surface area contributed by atoms with Gasteiger partial charge in [-0.1, -0.05) is 13.8 Å². The predicted molar refractivity (Wildman–Crippen MR) is 83.6 cm³/mol. The Bertz CT molecular complexity index is 298. The van der Waals surface area contributed by atoms with Crippen molar-refractivity contribution in [3.63, 3.8) is 0 Å². The first-order valence-electron chi connectivity index (χ1n) is 7.07. The van der Waals surface area contributed by atoms with E-state index in [4.69, 9.17) is 5.73 Å². The first-order valence-corrected chi connectivity index (χ1v) is 8.22. The highest BCUT2D eigenvalue weighted by Crippen LogP contribution is 2.08. The standard InChI is InChI=1S/C14H28N2O3S/c1-10(2)5-6-11(3)16-13(17)9-20-8-7-12(15)14(18)19-4/h10-12H,5-9,15H2,1-4H3,(H,16,17). The normalized spacial score (nSPS) is 13.9. The number of hydrogen-bond donors (Lipinski definition) is 2. The number of esters is 1. The fourth-order valence-corrected chi connectivity index (χ4v) is 2.45. The summed E-state index contributed by atoms with van der Waals surface area (Å²) in [4.78, 5) is 22.8. The Kier molecular flexibility index (Phi) is 10.6. The minimum Gasteiger partial charge on any atom is -0.468 e. The van der Waals surface area contributed by atoms with Crippen molar-refractivity contribution in [1.29, 1.82) is 0 Å². The molecule has 0 saturated heterocycles. The largest absolute Gasteiger partial charge is 0.468 e. The quantitative estimate of drug-likeness (QED) is 0.473.